The van der Waals surface area contributed by atoms with Crippen LogP contribution in [0.1, 0.15) is 11.3 Å². The van der Waals surface area contributed by atoms with E-state index in [1.54, 1.807) is 24.5 Å². The Hall–Kier alpha value is -4.56. The molecule has 0 unspecified atom stereocenters. The molecule has 0 aliphatic carbocycles. The molecule has 0 saturated carbocycles. The molecule has 0 spiro atoms. The highest BCUT2D eigenvalue weighted by Crippen LogP contribution is 2.31. The molecule has 8 nitrogen and oxygen atoms in total. The molecule has 0 amide bonds. The Bertz CT molecular complexity index is 1340. The first kappa shape index (κ1) is 18.5. The van der Waals surface area contributed by atoms with E-state index in [2.05, 4.69) is 32.0 Å². The molecular formula is C23H16N6O2. The fraction of sp³-hybridized carbons (Fsp3) is 0.130. The van der Waals surface area contributed by atoms with Gasteiger partial charge >= 0.3 is 0 Å². The van der Waals surface area contributed by atoms with Crippen molar-refractivity contribution in [3.05, 3.63) is 66.4 Å². The summed E-state index contributed by atoms with van der Waals surface area (Å²) >= 11 is 0. The summed E-state index contributed by atoms with van der Waals surface area (Å²) < 4.78 is 7.40. The number of nitrogens with zero attached hydrogens (tertiary/aromatic N) is 6. The van der Waals surface area contributed by atoms with Crippen LogP contribution in [0.4, 0.5) is 5.82 Å². The molecule has 1 N–H and O–H groups in total. The molecule has 1 fully saturated rings. The van der Waals surface area contributed by atoms with Crippen molar-refractivity contribution in [3.63, 3.8) is 0 Å². The van der Waals surface area contributed by atoms with E-state index in [4.69, 9.17) is 11.2 Å². The highest BCUT2D eigenvalue weighted by atomic mass is 16.5. The van der Waals surface area contributed by atoms with Crippen molar-refractivity contribution in [1.29, 1.82) is 5.26 Å². The van der Waals surface area contributed by atoms with Crippen molar-refractivity contribution in [2.24, 2.45) is 0 Å². The maximum atomic E-state index is 10.0. The maximum absolute atomic E-state index is 10.0. The zero-order valence-electron chi connectivity index (χ0n) is 16.3. The van der Waals surface area contributed by atoms with Crippen molar-refractivity contribution in [3.8, 4) is 41.0 Å². The summed E-state index contributed by atoms with van der Waals surface area (Å²) in [7, 11) is 0. The summed E-state index contributed by atoms with van der Waals surface area (Å²) in [5.74, 6) is 4.06. The lowest BCUT2D eigenvalue weighted by molar-refractivity contribution is 0.166. The molecule has 0 aromatic carbocycles. The number of fused-ring (bicyclic) bond motifs is 1. The molecule has 4 aromatic heterocycles. The second-order valence-corrected chi connectivity index (χ2v) is 7.15. The highest BCUT2D eigenvalue weighted by Gasteiger charge is 2.29. The molecule has 0 radical (unpaired) electrons. The van der Waals surface area contributed by atoms with Gasteiger partial charge in [0.15, 0.2) is 0 Å². The Morgan fingerprint density at radius 2 is 2.00 bits per heavy atom. The van der Waals surface area contributed by atoms with Gasteiger partial charge in [-0.1, -0.05) is 5.92 Å². The lowest BCUT2D eigenvalue weighted by Gasteiger charge is -2.39. The van der Waals surface area contributed by atoms with Crippen LogP contribution in [0.25, 0.3) is 16.6 Å². The average Bonchev–Trinajstić information content (AvgIpc) is 3.19. The summed E-state index contributed by atoms with van der Waals surface area (Å²) in [6.45, 7) is 1.42. The third-order valence-corrected chi connectivity index (χ3v) is 5.14. The van der Waals surface area contributed by atoms with E-state index >= 15 is 0 Å². The second-order valence-electron chi connectivity index (χ2n) is 7.15. The molecule has 8 heteroatoms. The topological polar surface area (TPSA) is 99.6 Å². The quantitative estimate of drug-likeness (QED) is 0.518. The molecule has 150 valence electrons. The lowest BCUT2D eigenvalue weighted by atomic mass is 10.0. The van der Waals surface area contributed by atoms with Crippen LogP contribution in [0, 0.1) is 23.7 Å². The van der Waals surface area contributed by atoms with Gasteiger partial charge in [-0.15, -0.1) is 6.42 Å². The zero-order chi connectivity index (χ0) is 21.4. The number of anilines is 1. The van der Waals surface area contributed by atoms with Crippen LogP contribution in [0.5, 0.6) is 11.5 Å². The van der Waals surface area contributed by atoms with E-state index in [-0.39, 0.29) is 11.9 Å². The minimum atomic E-state index is 0.0515. The SMILES string of the molecule is C#Cc1ccc(OC2CN(c3ccc(-c4cc(O)cn5ncc(C#N)c45)cn3)C2)cn1. The van der Waals surface area contributed by atoms with Gasteiger partial charge in [-0.2, -0.15) is 10.4 Å². The molecule has 4 aromatic rings. The summed E-state index contributed by atoms with van der Waals surface area (Å²) in [4.78, 5) is 10.8. The summed E-state index contributed by atoms with van der Waals surface area (Å²) in [6.07, 6.45) is 11.7. The highest BCUT2D eigenvalue weighted by molar-refractivity contribution is 5.85. The van der Waals surface area contributed by atoms with Gasteiger partial charge in [-0.05, 0) is 30.3 Å². The number of rotatable bonds is 4. The summed E-state index contributed by atoms with van der Waals surface area (Å²) in [5, 5.41) is 23.5. The monoisotopic (exact) mass is 408 g/mol. The number of ether oxygens (including phenoxy) is 1. The lowest BCUT2D eigenvalue weighted by Crippen LogP contribution is -2.54. The van der Waals surface area contributed by atoms with Crippen LogP contribution in [-0.4, -0.2) is 43.9 Å². The average molecular weight is 408 g/mol. The Morgan fingerprint density at radius 3 is 2.68 bits per heavy atom. The van der Waals surface area contributed by atoms with Gasteiger partial charge in [0.2, 0.25) is 0 Å². The fourth-order valence-corrected chi connectivity index (χ4v) is 3.57. The van der Waals surface area contributed by atoms with Crippen LogP contribution in [0.3, 0.4) is 0 Å². The third kappa shape index (κ3) is 3.37. The number of pyridine rings is 3. The summed E-state index contributed by atoms with van der Waals surface area (Å²) in [6, 6.07) is 11.2. The normalized spacial score (nSPS) is 13.4. The molecule has 0 atom stereocenters. The van der Waals surface area contributed by atoms with E-state index in [9.17, 15) is 10.4 Å². The van der Waals surface area contributed by atoms with Gasteiger partial charge in [0, 0.05) is 17.3 Å². The predicted molar refractivity (Wildman–Crippen MR) is 114 cm³/mol. The van der Waals surface area contributed by atoms with Crippen molar-refractivity contribution < 1.29 is 9.84 Å². The first-order valence-electron chi connectivity index (χ1n) is 9.56. The largest absolute Gasteiger partial charge is 0.506 e. The van der Waals surface area contributed by atoms with Gasteiger partial charge in [0.1, 0.15) is 35.2 Å². The number of hydrogen-bond acceptors (Lipinski definition) is 7. The Balaban J connectivity index is 1.31. The molecule has 5 heterocycles. The summed E-state index contributed by atoms with van der Waals surface area (Å²) in [5.41, 5.74) is 3.13. The fourth-order valence-electron chi connectivity index (χ4n) is 3.57. The van der Waals surface area contributed by atoms with E-state index < -0.39 is 0 Å². The number of aromatic hydroxyl groups is 1. The zero-order valence-corrected chi connectivity index (χ0v) is 16.3. The van der Waals surface area contributed by atoms with Gasteiger partial charge in [-0.3, -0.25) is 0 Å². The molecule has 1 saturated heterocycles. The van der Waals surface area contributed by atoms with Crippen LogP contribution in [-0.2, 0) is 0 Å². The third-order valence-electron chi connectivity index (χ3n) is 5.14. The molecule has 1 aliphatic rings. The molecular weight excluding hydrogens is 392 g/mol. The van der Waals surface area contributed by atoms with E-state index in [1.165, 1.54) is 16.9 Å². The van der Waals surface area contributed by atoms with E-state index in [0.29, 0.717) is 41.2 Å². The number of aromatic nitrogens is 4. The minimum Gasteiger partial charge on any atom is -0.506 e. The first-order chi connectivity index (χ1) is 15.1. The molecule has 0 bridgehead atoms. The molecule has 31 heavy (non-hydrogen) atoms. The van der Waals surface area contributed by atoms with Crippen LogP contribution in [0.2, 0.25) is 0 Å². The molecule has 5 rings (SSSR count). The standard InChI is InChI=1S/C23H16N6O2/c1-2-17-4-5-19(11-25-17)31-20-13-28(14-20)22-6-3-15(9-26-22)21-7-18(30)12-29-23(21)16(8-24)10-27-29/h1,3-7,9-12,20,30H,13-14H2. The number of hydrogen-bond donors (Lipinski definition) is 1. The van der Waals surface area contributed by atoms with Crippen molar-refractivity contribution >= 4 is 11.3 Å². The number of terminal acetylenes is 1. The smallest absolute Gasteiger partial charge is 0.138 e. The van der Waals surface area contributed by atoms with Crippen LogP contribution < -0.4 is 9.64 Å². The first-order valence-corrected chi connectivity index (χ1v) is 9.56. The van der Waals surface area contributed by atoms with Gasteiger partial charge in [0.05, 0.1) is 42.8 Å². The molecule has 1 aliphatic heterocycles. The number of nitriles is 1. The van der Waals surface area contributed by atoms with Crippen molar-refractivity contribution in [2.75, 3.05) is 18.0 Å². The second kappa shape index (κ2) is 7.36. The Kier molecular flexibility index (Phi) is 4.38. The van der Waals surface area contributed by atoms with Crippen molar-refractivity contribution in [2.45, 2.75) is 6.10 Å². The van der Waals surface area contributed by atoms with Gasteiger partial charge in [0.25, 0.3) is 0 Å². The minimum absolute atomic E-state index is 0.0515. The van der Waals surface area contributed by atoms with Gasteiger partial charge < -0.3 is 14.7 Å². The van der Waals surface area contributed by atoms with Crippen molar-refractivity contribution in [1.82, 2.24) is 19.6 Å². The Labute approximate surface area is 178 Å². The van der Waals surface area contributed by atoms with Crippen LogP contribution in [0.15, 0.2) is 55.1 Å². The predicted octanol–water partition coefficient (Wildman–Crippen LogP) is 2.62. The van der Waals surface area contributed by atoms with Gasteiger partial charge in [-0.25, -0.2) is 14.5 Å². The van der Waals surface area contributed by atoms with E-state index in [0.717, 1.165) is 11.4 Å². The van der Waals surface area contributed by atoms with E-state index in [1.807, 2.05) is 18.2 Å². The van der Waals surface area contributed by atoms with Crippen LogP contribution >= 0.6 is 0 Å². The maximum Gasteiger partial charge on any atom is 0.138 e. The Morgan fingerprint density at radius 1 is 1.13 bits per heavy atom.